The van der Waals surface area contributed by atoms with Crippen molar-refractivity contribution >= 4 is 54.7 Å². The van der Waals surface area contributed by atoms with Crippen molar-refractivity contribution in [3.05, 3.63) is 63.6 Å². The number of ether oxygens (including phenoxy) is 1. The zero-order valence-corrected chi connectivity index (χ0v) is 25.7. The molecule has 3 atom stereocenters. The molecule has 2 aromatic carbocycles. The number of carboxylic acid groups (broad SMARTS) is 1. The Morgan fingerprint density at radius 2 is 1.82 bits per heavy atom. The third-order valence-electron chi connectivity index (χ3n) is 8.32. The lowest BCUT2D eigenvalue weighted by atomic mass is 9.66. The summed E-state index contributed by atoms with van der Waals surface area (Å²) in [4.78, 5) is 44.2. The SMILES string of the molecule is C[Si](C)(C)CCOCN1C(=O)C2(c3ccc(Cl)cc31)[C@@H](c1cccc(Cl)c1)C[C@H](CC(=O)O)C(=O)N2CC1CC1. The first-order chi connectivity index (χ1) is 18.9. The Morgan fingerprint density at radius 1 is 1.10 bits per heavy atom. The van der Waals surface area contributed by atoms with E-state index in [0.717, 1.165) is 24.4 Å². The van der Waals surface area contributed by atoms with Crippen LogP contribution in [0, 0.1) is 11.8 Å². The molecule has 1 aliphatic carbocycles. The van der Waals surface area contributed by atoms with Crippen LogP contribution in [0.4, 0.5) is 5.69 Å². The van der Waals surface area contributed by atoms with E-state index in [-0.39, 0.29) is 37.3 Å². The lowest BCUT2D eigenvalue weighted by Crippen LogP contribution is -2.64. The normalized spacial score (nSPS) is 24.6. The number of halogens is 2. The van der Waals surface area contributed by atoms with Crippen molar-refractivity contribution in [1.82, 2.24) is 4.90 Å². The van der Waals surface area contributed by atoms with Crippen molar-refractivity contribution in [1.29, 1.82) is 0 Å². The van der Waals surface area contributed by atoms with E-state index in [4.69, 9.17) is 27.9 Å². The van der Waals surface area contributed by atoms with Crippen LogP contribution in [0.3, 0.4) is 0 Å². The van der Waals surface area contributed by atoms with Crippen LogP contribution >= 0.6 is 23.2 Å². The zero-order valence-electron chi connectivity index (χ0n) is 23.2. The summed E-state index contributed by atoms with van der Waals surface area (Å²) in [6.07, 6.45) is 1.86. The van der Waals surface area contributed by atoms with Crippen molar-refractivity contribution < 1.29 is 24.2 Å². The molecular weight excluding hydrogens is 567 g/mol. The van der Waals surface area contributed by atoms with Crippen LogP contribution in [0.2, 0.25) is 35.7 Å². The maximum absolute atomic E-state index is 14.9. The van der Waals surface area contributed by atoms with E-state index in [9.17, 15) is 19.5 Å². The molecule has 7 nitrogen and oxygen atoms in total. The molecule has 2 amide bonds. The van der Waals surface area contributed by atoms with Crippen LogP contribution < -0.4 is 4.90 Å². The number of aliphatic carboxylic acids is 1. The van der Waals surface area contributed by atoms with E-state index in [1.165, 1.54) is 0 Å². The van der Waals surface area contributed by atoms with Crippen LogP contribution in [0.15, 0.2) is 42.5 Å². The quantitative estimate of drug-likeness (QED) is 0.252. The van der Waals surface area contributed by atoms with Gasteiger partial charge in [-0.05, 0) is 61.1 Å². The second-order valence-electron chi connectivity index (χ2n) is 12.5. The minimum Gasteiger partial charge on any atom is -0.481 e. The summed E-state index contributed by atoms with van der Waals surface area (Å²) in [6.45, 7) is 7.79. The highest BCUT2D eigenvalue weighted by Gasteiger charge is 2.64. The van der Waals surface area contributed by atoms with Gasteiger partial charge < -0.3 is 14.7 Å². The fraction of sp³-hybridized carbons (Fsp3) is 0.500. The lowest BCUT2D eigenvalue weighted by Gasteiger charge is -2.51. The van der Waals surface area contributed by atoms with Crippen molar-refractivity contribution in [2.24, 2.45) is 11.8 Å². The smallest absolute Gasteiger partial charge is 0.304 e. The van der Waals surface area contributed by atoms with E-state index in [1.54, 1.807) is 28.0 Å². The Morgan fingerprint density at radius 3 is 2.48 bits per heavy atom. The zero-order chi connectivity index (χ0) is 28.8. The van der Waals surface area contributed by atoms with E-state index in [1.807, 2.05) is 24.3 Å². The number of amides is 2. The summed E-state index contributed by atoms with van der Waals surface area (Å²) in [5, 5.41) is 10.7. The van der Waals surface area contributed by atoms with Gasteiger partial charge in [-0.15, -0.1) is 0 Å². The molecular formula is C30H36Cl2N2O5Si. The number of anilines is 1. The molecule has 1 saturated heterocycles. The van der Waals surface area contributed by atoms with Crippen LogP contribution in [-0.4, -0.2) is 55.7 Å². The summed E-state index contributed by atoms with van der Waals surface area (Å²) in [5.74, 6) is -2.56. The Hall–Kier alpha value is -2.39. The highest BCUT2D eigenvalue weighted by atomic mass is 35.5. The number of carboxylic acids is 1. The van der Waals surface area contributed by atoms with E-state index < -0.39 is 31.4 Å². The molecule has 1 saturated carbocycles. The first kappa shape index (κ1) is 29.1. The molecule has 5 rings (SSSR count). The van der Waals surface area contributed by atoms with Gasteiger partial charge in [0.05, 0.1) is 12.1 Å². The van der Waals surface area contributed by atoms with Gasteiger partial charge in [-0.1, -0.05) is 61.0 Å². The Labute approximate surface area is 246 Å². The molecule has 0 aromatic heterocycles. The molecule has 2 fully saturated rings. The van der Waals surface area contributed by atoms with Gasteiger partial charge in [-0.2, -0.15) is 0 Å². The van der Waals surface area contributed by atoms with Crippen molar-refractivity contribution in [3.63, 3.8) is 0 Å². The number of hydrogen-bond acceptors (Lipinski definition) is 4. The second-order valence-corrected chi connectivity index (χ2v) is 19.0. The van der Waals surface area contributed by atoms with Crippen molar-refractivity contribution in [2.75, 3.05) is 24.8 Å². The number of rotatable bonds is 10. The number of nitrogens with zero attached hydrogens (tertiary/aromatic N) is 2. The van der Waals surface area contributed by atoms with E-state index in [2.05, 4.69) is 19.6 Å². The summed E-state index contributed by atoms with van der Waals surface area (Å²) >= 11 is 12.9. The minimum atomic E-state index is -1.36. The van der Waals surface area contributed by atoms with Gasteiger partial charge in [-0.25, -0.2) is 0 Å². The van der Waals surface area contributed by atoms with Gasteiger partial charge in [0.25, 0.3) is 5.91 Å². The third-order valence-corrected chi connectivity index (χ3v) is 10.5. The fourth-order valence-corrected chi connectivity index (χ4v) is 7.28. The van der Waals surface area contributed by atoms with Gasteiger partial charge >= 0.3 is 5.97 Å². The first-order valence-corrected chi connectivity index (χ1v) is 18.4. The van der Waals surface area contributed by atoms with Gasteiger partial charge in [-0.3, -0.25) is 19.3 Å². The molecule has 0 radical (unpaired) electrons. The first-order valence-electron chi connectivity index (χ1n) is 13.9. The Balaban J connectivity index is 1.65. The molecule has 2 heterocycles. The predicted molar refractivity (Wildman–Crippen MR) is 159 cm³/mol. The molecule has 40 heavy (non-hydrogen) atoms. The molecule has 3 aliphatic rings. The molecule has 0 bridgehead atoms. The molecule has 214 valence electrons. The largest absolute Gasteiger partial charge is 0.481 e. The van der Waals surface area contributed by atoms with E-state index in [0.29, 0.717) is 34.4 Å². The number of carbonyl (C=O) groups is 3. The maximum Gasteiger partial charge on any atom is 0.304 e. The minimum absolute atomic E-state index is 0.0463. The van der Waals surface area contributed by atoms with Gasteiger partial charge in [0.1, 0.15) is 6.73 Å². The maximum atomic E-state index is 14.9. The summed E-state index contributed by atoms with van der Waals surface area (Å²) < 4.78 is 6.08. The number of likely N-dealkylation sites (tertiary alicyclic amines) is 1. The highest BCUT2D eigenvalue weighted by Crippen LogP contribution is 2.58. The summed E-state index contributed by atoms with van der Waals surface area (Å²) in [7, 11) is -1.35. The van der Waals surface area contributed by atoms with Crippen molar-refractivity contribution in [3.8, 4) is 0 Å². The predicted octanol–water partition coefficient (Wildman–Crippen LogP) is 6.36. The van der Waals surface area contributed by atoms with Gasteiger partial charge in [0.2, 0.25) is 5.91 Å². The summed E-state index contributed by atoms with van der Waals surface area (Å²) in [5.41, 5.74) is 0.764. The molecule has 10 heteroatoms. The summed E-state index contributed by atoms with van der Waals surface area (Å²) in [6, 6.07) is 13.7. The average Bonchev–Trinajstić information content (AvgIpc) is 3.66. The second kappa shape index (κ2) is 11.1. The fourth-order valence-electron chi connectivity index (χ4n) is 6.15. The number of carbonyl (C=O) groups excluding carboxylic acids is 2. The van der Waals surface area contributed by atoms with Crippen LogP contribution in [0.1, 0.15) is 42.7 Å². The highest BCUT2D eigenvalue weighted by molar-refractivity contribution is 6.76. The Bertz CT molecular complexity index is 1330. The standard InChI is InChI=1S/C30H36Cl2N2O5Si/c1-40(2,3)12-11-39-18-33-26-16-23(32)9-10-24(26)30(29(33)38)25(20-5-4-6-22(31)13-20)14-21(15-27(35)36)28(37)34(30)17-19-7-8-19/h4-6,9-10,13,16,19,21,25H,7-8,11-12,14-15,17-18H2,1-3H3,(H,35,36)/t21-,25-,30?/m1/s1. The Kier molecular flexibility index (Phi) is 8.09. The van der Waals surface area contributed by atoms with E-state index >= 15 is 0 Å². The number of benzene rings is 2. The number of hydrogen-bond donors (Lipinski definition) is 1. The topological polar surface area (TPSA) is 87.1 Å². The van der Waals surface area contributed by atoms with Gasteiger partial charge in [0.15, 0.2) is 5.54 Å². The molecule has 1 spiro atoms. The molecule has 2 aromatic rings. The monoisotopic (exact) mass is 602 g/mol. The molecule has 2 aliphatic heterocycles. The molecule has 1 N–H and O–H groups in total. The van der Waals surface area contributed by atoms with Crippen molar-refractivity contribution in [2.45, 2.75) is 62.8 Å². The van der Waals surface area contributed by atoms with Crippen LogP contribution in [0.25, 0.3) is 0 Å². The van der Waals surface area contributed by atoms with Gasteiger partial charge in [0, 0.05) is 48.7 Å². The average molecular weight is 604 g/mol. The van der Waals surface area contributed by atoms with Crippen LogP contribution in [-0.2, 0) is 24.7 Å². The molecule has 1 unspecified atom stereocenters. The number of fused-ring (bicyclic) bond motifs is 2. The third kappa shape index (κ3) is 5.56. The lowest BCUT2D eigenvalue weighted by molar-refractivity contribution is -0.161. The number of piperidine rings is 1. The van der Waals surface area contributed by atoms with Crippen LogP contribution in [0.5, 0.6) is 0 Å².